The Kier molecular flexibility index (Phi) is 6.92. The van der Waals surface area contributed by atoms with E-state index in [1.54, 1.807) is 0 Å². The molecule has 0 heterocycles. The molecule has 110 valence electrons. The Morgan fingerprint density at radius 2 is 1.44 bits per heavy atom. The van der Waals surface area contributed by atoms with Gasteiger partial charge in [-0.2, -0.15) is 0 Å². The van der Waals surface area contributed by atoms with E-state index in [1.807, 2.05) is 0 Å². The minimum absolute atomic E-state index is 0.331. The highest BCUT2D eigenvalue weighted by Crippen LogP contribution is 2.34. The molecule has 0 bridgehead atoms. The van der Waals surface area contributed by atoms with E-state index < -0.39 is 0 Å². The van der Waals surface area contributed by atoms with Crippen molar-refractivity contribution in [2.45, 2.75) is 80.2 Å². The van der Waals surface area contributed by atoms with Crippen LogP contribution in [0.4, 0.5) is 0 Å². The van der Waals surface area contributed by atoms with E-state index in [-0.39, 0.29) is 0 Å². The van der Waals surface area contributed by atoms with Gasteiger partial charge in [-0.3, -0.25) is 0 Å². The van der Waals surface area contributed by atoms with Gasteiger partial charge in [-0.25, -0.2) is 0 Å². The first kappa shape index (κ1) is 18.0. The lowest BCUT2D eigenvalue weighted by Gasteiger charge is -2.38. The molecule has 0 amide bonds. The van der Waals surface area contributed by atoms with E-state index in [0.29, 0.717) is 11.0 Å². The van der Waals surface area contributed by atoms with Crippen molar-refractivity contribution in [2.24, 2.45) is 17.3 Å². The molecule has 0 saturated carbocycles. The standard InChI is InChI=1S/C17H37N/c1-10-16(5,6)15(4)12-14(3)13-18(9)17(7,8)11-2/h14-15H,10-13H2,1-9H3. The Labute approximate surface area is 116 Å². The summed E-state index contributed by atoms with van der Waals surface area (Å²) in [4.78, 5) is 2.53. The SMILES string of the molecule is CCC(C)(C)C(C)CC(C)CN(C)C(C)(C)CC. The Morgan fingerprint density at radius 1 is 0.944 bits per heavy atom. The average molecular weight is 255 g/mol. The second-order valence-electron chi connectivity index (χ2n) is 7.63. The Bertz CT molecular complexity index is 206. The highest BCUT2D eigenvalue weighted by Gasteiger charge is 2.27. The van der Waals surface area contributed by atoms with Crippen molar-refractivity contribution in [2.75, 3.05) is 13.6 Å². The van der Waals surface area contributed by atoms with Crippen molar-refractivity contribution in [1.29, 1.82) is 0 Å². The van der Waals surface area contributed by atoms with Crippen molar-refractivity contribution in [3.8, 4) is 0 Å². The Hall–Kier alpha value is -0.0400. The minimum atomic E-state index is 0.331. The van der Waals surface area contributed by atoms with Crippen molar-refractivity contribution >= 4 is 0 Å². The van der Waals surface area contributed by atoms with Crippen LogP contribution in [-0.4, -0.2) is 24.0 Å². The van der Waals surface area contributed by atoms with Crippen LogP contribution in [0.25, 0.3) is 0 Å². The van der Waals surface area contributed by atoms with Crippen LogP contribution in [0.15, 0.2) is 0 Å². The normalized spacial score (nSPS) is 17.0. The first-order valence-electron chi connectivity index (χ1n) is 7.78. The van der Waals surface area contributed by atoms with Crippen LogP contribution >= 0.6 is 0 Å². The summed E-state index contributed by atoms with van der Waals surface area (Å²) in [5, 5.41) is 0. The van der Waals surface area contributed by atoms with E-state index >= 15 is 0 Å². The highest BCUT2D eigenvalue weighted by molar-refractivity contribution is 4.80. The van der Waals surface area contributed by atoms with Gasteiger partial charge in [0.1, 0.15) is 0 Å². The lowest BCUT2D eigenvalue weighted by molar-refractivity contribution is 0.110. The molecule has 0 aromatic carbocycles. The van der Waals surface area contributed by atoms with Crippen molar-refractivity contribution in [1.82, 2.24) is 4.90 Å². The molecule has 0 N–H and O–H groups in total. The van der Waals surface area contributed by atoms with Gasteiger partial charge in [0.2, 0.25) is 0 Å². The van der Waals surface area contributed by atoms with Crippen LogP contribution in [-0.2, 0) is 0 Å². The summed E-state index contributed by atoms with van der Waals surface area (Å²) in [5.74, 6) is 1.58. The molecule has 0 aliphatic heterocycles. The third kappa shape index (κ3) is 5.30. The first-order chi connectivity index (χ1) is 8.06. The van der Waals surface area contributed by atoms with Gasteiger partial charge in [0.05, 0.1) is 0 Å². The van der Waals surface area contributed by atoms with Crippen LogP contribution < -0.4 is 0 Å². The van der Waals surface area contributed by atoms with Gasteiger partial charge >= 0.3 is 0 Å². The van der Waals surface area contributed by atoms with Gasteiger partial charge in [0.15, 0.2) is 0 Å². The van der Waals surface area contributed by atoms with E-state index in [0.717, 1.165) is 11.8 Å². The topological polar surface area (TPSA) is 3.24 Å². The maximum atomic E-state index is 2.53. The van der Waals surface area contributed by atoms with Gasteiger partial charge in [0, 0.05) is 12.1 Å². The van der Waals surface area contributed by atoms with Gasteiger partial charge in [0.25, 0.3) is 0 Å². The largest absolute Gasteiger partial charge is 0.301 e. The molecule has 18 heavy (non-hydrogen) atoms. The number of rotatable bonds is 8. The van der Waals surface area contributed by atoms with Crippen LogP contribution in [0.3, 0.4) is 0 Å². The molecule has 0 aromatic rings. The molecule has 0 aromatic heterocycles. The molecule has 0 spiro atoms. The Morgan fingerprint density at radius 3 is 1.83 bits per heavy atom. The predicted octanol–water partition coefficient (Wildman–Crippen LogP) is 5.21. The first-order valence-corrected chi connectivity index (χ1v) is 7.78. The van der Waals surface area contributed by atoms with Gasteiger partial charge < -0.3 is 4.90 Å². The van der Waals surface area contributed by atoms with E-state index in [4.69, 9.17) is 0 Å². The third-order valence-electron chi connectivity index (χ3n) is 5.49. The maximum absolute atomic E-state index is 2.53. The van der Waals surface area contributed by atoms with Crippen molar-refractivity contribution in [3.05, 3.63) is 0 Å². The summed E-state index contributed by atoms with van der Waals surface area (Å²) in [7, 11) is 2.27. The fraction of sp³-hybridized carbons (Fsp3) is 1.00. The summed E-state index contributed by atoms with van der Waals surface area (Å²) in [6.07, 6.45) is 3.83. The molecule has 0 saturated heterocycles. The second-order valence-corrected chi connectivity index (χ2v) is 7.63. The quantitative estimate of drug-likeness (QED) is 0.576. The molecule has 0 rings (SSSR count). The second kappa shape index (κ2) is 6.93. The molecule has 0 radical (unpaired) electrons. The minimum Gasteiger partial charge on any atom is -0.301 e. The maximum Gasteiger partial charge on any atom is 0.0147 e. The zero-order valence-electron chi connectivity index (χ0n) is 14.4. The molecule has 2 atom stereocenters. The summed E-state index contributed by atoms with van der Waals surface area (Å²) < 4.78 is 0. The van der Waals surface area contributed by atoms with E-state index in [2.05, 4.69) is 67.3 Å². The van der Waals surface area contributed by atoms with Gasteiger partial charge in [-0.15, -0.1) is 0 Å². The fourth-order valence-corrected chi connectivity index (χ4v) is 2.33. The van der Waals surface area contributed by atoms with E-state index in [1.165, 1.54) is 25.8 Å². The third-order valence-corrected chi connectivity index (χ3v) is 5.49. The number of nitrogens with zero attached hydrogens (tertiary/aromatic N) is 1. The molecular formula is C17H37N. The summed E-state index contributed by atoms with van der Waals surface area (Å²) in [6, 6.07) is 0. The fourth-order valence-electron chi connectivity index (χ4n) is 2.33. The molecule has 1 nitrogen and oxygen atoms in total. The lowest BCUT2D eigenvalue weighted by Crippen LogP contribution is -2.43. The molecule has 2 unspecified atom stereocenters. The van der Waals surface area contributed by atoms with Gasteiger partial charge in [-0.1, -0.05) is 48.0 Å². The molecular weight excluding hydrogens is 218 g/mol. The zero-order valence-corrected chi connectivity index (χ0v) is 14.4. The molecule has 1 heteroatoms. The summed E-state index contributed by atoms with van der Waals surface area (Å²) in [5.41, 5.74) is 0.810. The molecule has 0 aliphatic rings. The summed E-state index contributed by atoms with van der Waals surface area (Å²) in [6.45, 7) is 20.1. The smallest absolute Gasteiger partial charge is 0.0147 e. The summed E-state index contributed by atoms with van der Waals surface area (Å²) >= 11 is 0. The van der Waals surface area contributed by atoms with Gasteiger partial charge in [-0.05, 0) is 51.0 Å². The molecule has 0 fully saturated rings. The highest BCUT2D eigenvalue weighted by atomic mass is 15.2. The predicted molar refractivity (Wildman–Crippen MR) is 84.0 cm³/mol. The van der Waals surface area contributed by atoms with Crippen molar-refractivity contribution < 1.29 is 0 Å². The zero-order chi connectivity index (χ0) is 14.6. The monoisotopic (exact) mass is 255 g/mol. The molecule has 0 aliphatic carbocycles. The number of hydrogen-bond acceptors (Lipinski definition) is 1. The van der Waals surface area contributed by atoms with Crippen LogP contribution in [0.1, 0.15) is 74.7 Å². The number of hydrogen-bond donors (Lipinski definition) is 0. The Balaban J connectivity index is 4.32. The van der Waals surface area contributed by atoms with E-state index in [9.17, 15) is 0 Å². The van der Waals surface area contributed by atoms with Crippen LogP contribution in [0, 0.1) is 17.3 Å². The average Bonchev–Trinajstić information content (AvgIpc) is 2.28. The lowest BCUT2D eigenvalue weighted by atomic mass is 9.74. The van der Waals surface area contributed by atoms with Crippen molar-refractivity contribution in [3.63, 3.8) is 0 Å². The van der Waals surface area contributed by atoms with Crippen LogP contribution in [0.2, 0.25) is 0 Å². The van der Waals surface area contributed by atoms with Crippen LogP contribution in [0.5, 0.6) is 0 Å².